The third-order valence-electron chi connectivity index (χ3n) is 2.75. The van der Waals surface area contributed by atoms with Gasteiger partial charge in [0.2, 0.25) is 0 Å². The number of hydrogen-bond donors (Lipinski definition) is 0. The van der Waals surface area contributed by atoms with E-state index in [0.29, 0.717) is 6.61 Å². The van der Waals surface area contributed by atoms with Crippen LogP contribution in [0.1, 0.15) is 16.7 Å². The van der Waals surface area contributed by atoms with Crippen LogP contribution in [0.5, 0.6) is 0 Å². The number of hydrogen-bond acceptors (Lipinski definition) is 3. The average molecular weight is 200 g/mol. The molecule has 0 atom stereocenters. The van der Waals surface area contributed by atoms with Crippen LogP contribution in [0.3, 0.4) is 0 Å². The van der Waals surface area contributed by atoms with E-state index in [1.165, 1.54) is 16.7 Å². The quantitative estimate of drug-likeness (QED) is 0.675. The molecule has 0 aliphatic carbocycles. The van der Waals surface area contributed by atoms with Crippen molar-refractivity contribution in [1.29, 1.82) is 0 Å². The Kier molecular flexibility index (Phi) is 2.10. The van der Waals surface area contributed by atoms with Crippen molar-refractivity contribution < 1.29 is 4.74 Å². The lowest BCUT2D eigenvalue weighted by Gasteiger charge is -2.13. The van der Waals surface area contributed by atoms with Gasteiger partial charge in [0.15, 0.2) is 0 Å². The molecule has 0 bridgehead atoms. The van der Waals surface area contributed by atoms with E-state index in [4.69, 9.17) is 4.74 Å². The summed E-state index contributed by atoms with van der Waals surface area (Å²) in [5, 5.41) is 0. The molecular formula is C12H12N2O. The van der Waals surface area contributed by atoms with Gasteiger partial charge in [0.25, 0.3) is 0 Å². The van der Waals surface area contributed by atoms with Gasteiger partial charge in [-0.3, -0.25) is 9.98 Å². The van der Waals surface area contributed by atoms with Gasteiger partial charge >= 0.3 is 0 Å². The number of ether oxygens (including phenoxy) is 1. The second-order valence-electron chi connectivity index (χ2n) is 3.76. The standard InChI is InChI=1S/C12H12N2O/c1-2-10-6-13-7-11(10)5-9(1)12-8-15-4-3-14-12/h1-2,5-6H,3-4,7-8H2. The molecule has 15 heavy (non-hydrogen) atoms. The molecule has 1 aromatic carbocycles. The number of aliphatic imine (C=N–C) groups is 2. The van der Waals surface area contributed by atoms with Crippen LogP contribution in [-0.2, 0) is 11.3 Å². The van der Waals surface area contributed by atoms with Crippen LogP contribution < -0.4 is 0 Å². The first kappa shape index (κ1) is 8.80. The second-order valence-corrected chi connectivity index (χ2v) is 3.76. The highest BCUT2D eigenvalue weighted by Gasteiger charge is 2.11. The van der Waals surface area contributed by atoms with E-state index < -0.39 is 0 Å². The van der Waals surface area contributed by atoms with Crippen LogP contribution in [0.15, 0.2) is 28.2 Å². The third-order valence-corrected chi connectivity index (χ3v) is 2.75. The van der Waals surface area contributed by atoms with Gasteiger partial charge < -0.3 is 4.74 Å². The van der Waals surface area contributed by atoms with Crippen molar-refractivity contribution in [2.45, 2.75) is 6.54 Å². The Hall–Kier alpha value is -1.48. The zero-order valence-electron chi connectivity index (χ0n) is 8.44. The molecule has 2 aliphatic heterocycles. The van der Waals surface area contributed by atoms with Crippen molar-refractivity contribution >= 4 is 11.9 Å². The summed E-state index contributed by atoms with van der Waals surface area (Å²) >= 11 is 0. The van der Waals surface area contributed by atoms with Crippen LogP contribution in [0.2, 0.25) is 0 Å². The van der Waals surface area contributed by atoms with Crippen LogP contribution in [0.4, 0.5) is 0 Å². The Labute approximate surface area is 88.5 Å². The fourth-order valence-electron chi connectivity index (χ4n) is 1.92. The number of fused-ring (bicyclic) bond motifs is 1. The first-order chi connectivity index (χ1) is 7.43. The lowest BCUT2D eigenvalue weighted by Crippen LogP contribution is -2.19. The first-order valence-electron chi connectivity index (χ1n) is 5.18. The van der Waals surface area contributed by atoms with Crippen molar-refractivity contribution in [3.63, 3.8) is 0 Å². The molecule has 3 rings (SSSR count). The van der Waals surface area contributed by atoms with E-state index in [1.54, 1.807) is 0 Å². The summed E-state index contributed by atoms with van der Waals surface area (Å²) in [6, 6.07) is 6.39. The Morgan fingerprint density at radius 1 is 1.27 bits per heavy atom. The molecular weight excluding hydrogens is 188 g/mol. The molecule has 0 fully saturated rings. The summed E-state index contributed by atoms with van der Waals surface area (Å²) in [7, 11) is 0. The fourth-order valence-corrected chi connectivity index (χ4v) is 1.92. The van der Waals surface area contributed by atoms with Gasteiger partial charge in [-0.2, -0.15) is 0 Å². The molecule has 76 valence electrons. The van der Waals surface area contributed by atoms with Gasteiger partial charge in [-0.1, -0.05) is 12.1 Å². The molecule has 1 aromatic rings. The van der Waals surface area contributed by atoms with Gasteiger partial charge in [0.05, 0.1) is 32.0 Å². The largest absolute Gasteiger partial charge is 0.373 e. The summed E-state index contributed by atoms with van der Waals surface area (Å²) in [6.45, 7) is 2.97. The van der Waals surface area contributed by atoms with E-state index in [1.807, 2.05) is 6.21 Å². The molecule has 2 heterocycles. The number of nitrogens with zero attached hydrogens (tertiary/aromatic N) is 2. The number of rotatable bonds is 1. The van der Waals surface area contributed by atoms with E-state index in [9.17, 15) is 0 Å². The van der Waals surface area contributed by atoms with E-state index in [2.05, 4.69) is 28.2 Å². The molecule has 3 heteroatoms. The Balaban J connectivity index is 1.96. The monoisotopic (exact) mass is 200 g/mol. The molecule has 0 unspecified atom stereocenters. The van der Waals surface area contributed by atoms with Gasteiger partial charge in [0.1, 0.15) is 0 Å². The minimum Gasteiger partial charge on any atom is -0.373 e. The summed E-state index contributed by atoms with van der Waals surface area (Å²) in [4.78, 5) is 8.72. The Morgan fingerprint density at radius 2 is 2.27 bits per heavy atom. The maximum Gasteiger partial charge on any atom is 0.0890 e. The highest BCUT2D eigenvalue weighted by molar-refractivity contribution is 6.02. The predicted molar refractivity (Wildman–Crippen MR) is 60.0 cm³/mol. The summed E-state index contributed by atoms with van der Waals surface area (Å²) in [5.74, 6) is 0. The van der Waals surface area contributed by atoms with Crippen molar-refractivity contribution in [2.75, 3.05) is 19.8 Å². The van der Waals surface area contributed by atoms with E-state index in [0.717, 1.165) is 25.4 Å². The van der Waals surface area contributed by atoms with Crippen molar-refractivity contribution in [1.82, 2.24) is 0 Å². The van der Waals surface area contributed by atoms with Crippen LogP contribution in [0.25, 0.3) is 0 Å². The molecule has 3 nitrogen and oxygen atoms in total. The smallest absolute Gasteiger partial charge is 0.0890 e. The minimum absolute atomic E-state index is 0.639. The lowest BCUT2D eigenvalue weighted by molar-refractivity contribution is 0.171. The van der Waals surface area contributed by atoms with E-state index in [-0.39, 0.29) is 0 Å². The van der Waals surface area contributed by atoms with Crippen LogP contribution >= 0.6 is 0 Å². The summed E-state index contributed by atoms with van der Waals surface area (Å²) in [5.41, 5.74) is 4.77. The lowest BCUT2D eigenvalue weighted by atomic mass is 10.0. The molecule has 0 amide bonds. The Bertz CT molecular complexity index is 449. The zero-order valence-corrected chi connectivity index (χ0v) is 8.44. The second kappa shape index (κ2) is 3.59. The normalized spacial score (nSPS) is 18.8. The van der Waals surface area contributed by atoms with Crippen molar-refractivity contribution in [3.05, 3.63) is 34.9 Å². The Morgan fingerprint density at radius 3 is 3.13 bits per heavy atom. The van der Waals surface area contributed by atoms with Crippen LogP contribution in [0, 0.1) is 0 Å². The summed E-state index contributed by atoms with van der Waals surface area (Å²) in [6.07, 6.45) is 1.93. The fraction of sp³-hybridized carbons (Fsp3) is 0.333. The third kappa shape index (κ3) is 1.59. The topological polar surface area (TPSA) is 34.0 Å². The molecule has 0 aromatic heterocycles. The molecule has 0 spiro atoms. The maximum absolute atomic E-state index is 5.39. The van der Waals surface area contributed by atoms with Gasteiger partial charge in [0, 0.05) is 6.21 Å². The van der Waals surface area contributed by atoms with Crippen molar-refractivity contribution in [2.24, 2.45) is 9.98 Å². The SMILES string of the molecule is C1=NCc2cc(C3=NCCOC3)ccc21. The zero-order chi connectivity index (χ0) is 10.1. The molecule has 0 saturated heterocycles. The highest BCUT2D eigenvalue weighted by atomic mass is 16.5. The molecule has 0 N–H and O–H groups in total. The first-order valence-corrected chi connectivity index (χ1v) is 5.18. The number of benzene rings is 1. The van der Waals surface area contributed by atoms with Gasteiger partial charge in [-0.15, -0.1) is 0 Å². The minimum atomic E-state index is 0.639. The summed E-state index contributed by atoms with van der Waals surface area (Å²) < 4.78 is 5.39. The van der Waals surface area contributed by atoms with Crippen LogP contribution in [-0.4, -0.2) is 31.7 Å². The average Bonchev–Trinajstić information content (AvgIpc) is 2.77. The maximum atomic E-state index is 5.39. The van der Waals surface area contributed by atoms with E-state index >= 15 is 0 Å². The predicted octanol–water partition coefficient (Wildman–Crippen LogP) is 1.44. The van der Waals surface area contributed by atoms with Gasteiger partial charge in [-0.05, 0) is 22.8 Å². The highest BCUT2D eigenvalue weighted by Crippen LogP contribution is 2.17. The molecule has 0 saturated carbocycles. The molecule has 2 aliphatic rings. The van der Waals surface area contributed by atoms with Gasteiger partial charge in [-0.25, -0.2) is 0 Å². The molecule has 0 radical (unpaired) electrons. The van der Waals surface area contributed by atoms with Crippen molar-refractivity contribution in [3.8, 4) is 0 Å².